The molecule has 12 aromatic rings. The number of nitrogens with zero attached hydrogens (tertiary/aromatic N) is 5. The van der Waals surface area contributed by atoms with E-state index in [1.807, 2.05) is 18.3 Å². The van der Waals surface area contributed by atoms with E-state index in [1.54, 1.807) is 6.20 Å². The molecular formula is C56H47N5O. The van der Waals surface area contributed by atoms with Crippen LogP contribution >= 0.6 is 0 Å². The normalized spacial score (nSPS) is 13.5. The van der Waals surface area contributed by atoms with Crippen LogP contribution in [0, 0.1) is 0 Å². The van der Waals surface area contributed by atoms with E-state index in [0.717, 1.165) is 64.6 Å². The van der Waals surface area contributed by atoms with Gasteiger partial charge in [-0.3, -0.25) is 9.97 Å². The van der Waals surface area contributed by atoms with Crippen molar-refractivity contribution in [2.45, 2.75) is 64.5 Å². The highest BCUT2D eigenvalue weighted by molar-refractivity contribution is 6.13. The van der Waals surface area contributed by atoms with Crippen LogP contribution in [0.3, 0.4) is 0 Å². The third kappa shape index (κ3) is 4.92. The molecule has 0 radical (unpaired) electrons. The van der Waals surface area contributed by atoms with Crippen molar-refractivity contribution in [1.29, 1.82) is 0 Å². The van der Waals surface area contributed by atoms with Crippen LogP contribution in [-0.4, -0.2) is 23.7 Å². The highest BCUT2D eigenvalue weighted by atomic mass is 16.3. The first kappa shape index (κ1) is 36.7. The van der Waals surface area contributed by atoms with E-state index in [9.17, 15) is 0 Å². The fraction of sp³-hybridized carbons (Fsp3) is 0.179. The molecule has 302 valence electrons. The summed E-state index contributed by atoms with van der Waals surface area (Å²) in [6.45, 7) is 9.48. The highest BCUT2D eigenvalue weighted by Crippen LogP contribution is 2.47. The number of benzene rings is 6. The molecule has 0 amide bonds. The first-order valence-corrected chi connectivity index (χ1v) is 22.2. The van der Waals surface area contributed by atoms with Crippen molar-refractivity contribution >= 4 is 87.6 Å². The lowest BCUT2D eigenvalue weighted by Gasteiger charge is -2.37. The summed E-state index contributed by atoms with van der Waals surface area (Å²) in [5, 5.41) is 7.62. The molecule has 0 aliphatic rings. The molecule has 0 fully saturated rings. The Morgan fingerprint density at radius 2 is 1.00 bits per heavy atom. The van der Waals surface area contributed by atoms with Gasteiger partial charge in [-0.15, -0.1) is 0 Å². The van der Waals surface area contributed by atoms with Crippen LogP contribution in [-0.2, 0) is 11.1 Å². The van der Waals surface area contributed by atoms with Crippen LogP contribution in [0.5, 0.6) is 0 Å². The Labute approximate surface area is 359 Å². The summed E-state index contributed by atoms with van der Waals surface area (Å²) >= 11 is 0. The monoisotopic (exact) mass is 805 g/mol. The zero-order valence-electron chi connectivity index (χ0n) is 35.6. The van der Waals surface area contributed by atoms with Crippen molar-refractivity contribution < 1.29 is 4.42 Å². The Bertz CT molecular complexity index is 3670. The van der Waals surface area contributed by atoms with Gasteiger partial charge in [-0.05, 0) is 104 Å². The van der Waals surface area contributed by atoms with Gasteiger partial charge < -0.3 is 18.1 Å². The Hall–Kier alpha value is -7.18. The molecule has 6 heteroatoms. The van der Waals surface area contributed by atoms with E-state index in [-0.39, 0.29) is 11.1 Å². The van der Waals surface area contributed by atoms with Gasteiger partial charge in [0.25, 0.3) is 0 Å². The van der Waals surface area contributed by atoms with Crippen LogP contribution in [0.15, 0.2) is 168 Å². The zero-order chi connectivity index (χ0) is 41.7. The van der Waals surface area contributed by atoms with Crippen molar-refractivity contribution in [3.05, 3.63) is 175 Å². The number of fused-ring (bicyclic) bond motifs is 12. The number of aromatic nitrogens is 5. The Balaban J connectivity index is 1.07. The van der Waals surface area contributed by atoms with Gasteiger partial charge >= 0.3 is 0 Å². The van der Waals surface area contributed by atoms with Crippen LogP contribution in [0.1, 0.15) is 64.5 Å². The van der Waals surface area contributed by atoms with Crippen molar-refractivity contribution in [1.82, 2.24) is 23.7 Å². The molecule has 6 nitrogen and oxygen atoms in total. The average Bonchev–Trinajstić information content (AvgIpc) is 4.07. The number of para-hydroxylation sites is 4. The van der Waals surface area contributed by atoms with Crippen LogP contribution in [0.25, 0.3) is 93.3 Å². The van der Waals surface area contributed by atoms with Crippen molar-refractivity contribution in [2.24, 2.45) is 0 Å². The summed E-state index contributed by atoms with van der Waals surface area (Å²) in [5.41, 5.74) is 13.4. The molecule has 0 spiro atoms. The van der Waals surface area contributed by atoms with Gasteiger partial charge in [0.1, 0.15) is 11.0 Å². The smallest absolute Gasteiger partial charge is 0.179 e. The maximum atomic E-state index is 6.50. The topological polar surface area (TPSA) is 53.7 Å². The van der Waals surface area contributed by atoms with Gasteiger partial charge in [0.15, 0.2) is 11.2 Å². The Kier molecular flexibility index (Phi) is 8.08. The first-order valence-electron chi connectivity index (χ1n) is 22.2. The van der Waals surface area contributed by atoms with Crippen LogP contribution < -0.4 is 0 Å². The summed E-state index contributed by atoms with van der Waals surface area (Å²) in [6.07, 6.45) is 7.60. The van der Waals surface area contributed by atoms with Gasteiger partial charge in [0, 0.05) is 66.8 Å². The van der Waals surface area contributed by atoms with Gasteiger partial charge in [-0.1, -0.05) is 112 Å². The van der Waals surface area contributed by atoms with E-state index in [0.29, 0.717) is 0 Å². The molecule has 1 atom stereocenters. The second-order valence-electron chi connectivity index (χ2n) is 17.3. The van der Waals surface area contributed by atoms with E-state index in [2.05, 4.69) is 186 Å². The van der Waals surface area contributed by atoms with Crippen molar-refractivity contribution in [3.63, 3.8) is 0 Å². The van der Waals surface area contributed by atoms with E-state index in [4.69, 9.17) is 9.40 Å². The predicted octanol–water partition coefficient (Wildman–Crippen LogP) is 14.8. The van der Waals surface area contributed by atoms with Crippen molar-refractivity contribution in [3.8, 4) is 5.69 Å². The summed E-state index contributed by atoms with van der Waals surface area (Å²) in [5.74, 6) is 0. The van der Waals surface area contributed by atoms with Gasteiger partial charge in [-0.2, -0.15) is 0 Å². The number of pyridine rings is 2. The quantitative estimate of drug-likeness (QED) is 0.146. The third-order valence-corrected chi connectivity index (χ3v) is 14.2. The molecule has 0 aliphatic heterocycles. The number of hydrogen-bond acceptors (Lipinski definition) is 3. The van der Waals surface area contributed by atoms with E-state index in [1.165, 1.54) is 65.5 Å². The minimum Gasteiger partial charge on any atom is -0.450 e. The second kappa shape index (κ2) is 13.7. The lowest BCUT2D eigenvalue weighted by molar-refractivity contribution is 0.349. The molecule has 6 aromatic heterocycles. The highest BCUT2D eigenvalue weighted by Gasteiger charge is 2.36. The molecule has 12 rings (SSSR count). The zero-order valence-corrected chi connectivity index (χ0v) is 35.6. The maximum absolute atomic E-state index is 6.50. The summed E-state index contributed by atoms with van der Waals surface area (Å²) in [6, 6.07) is 56.1. The maximum Gasteiger partial charge on any atom is 0.179 e. The van der Waals surface area contributed by atoms with Crippen molar-refractivity contribution in [2.75, 3.05) is 0 Å². The molecular weight excluding hydrogens is 759 g/mol. The van der Waals surface area contributed by atoms with Gasteiger partial charge in [-0.25, -0.2) is 0 Å². The number of hydrogen-bond donors (Lipinski definition) is 0. The average molecular weight is 806 g/mol. The number of furan rings is 1. The summed E-state index contributed by atoms with van der Waals surface area (Å²) in [4.78, 5) is 9.37. The molecule has 0 saturated carbocycles. The molecule has 0 saturated heterocycles. The first-order chi connectivity index (χ1) is 30.5. The fourth-order valence-corrected chi connectivity index (χ4v) is 11.4. The molecule has 1 unspecified atom stereocenters. The Morgan fingerprint density at radius 1 is 0.484 bits per heavy atom. The molecule has 6 aromatic carbocycles. The van der Waals surface area contributed by atoms with E-state index >= 15 is 0 Å². The fourth-order valence-electron chi connectivity index (χ4n) is 11.4. The van der Waals surface area contributed by atoms with Crippen LogP contribution in [0.4, 0.5) is 0 Å². The Morgan fingerprint density at radius 3 is 1.68 bits per heavy atom. The molecule has 0 aliphatic carbocycles. The predicted molar refractivity (Wildman–Crippen MR) is 258 cm³/mol. The molecule has 62 heavy (non-hydrogen) atoms. The van der Waals surface area contributed by atoms with E-state index < -0.39 is 0 Å². The second-order valence-corrected chi connectivity index (χ2v) is 17.3. The number of rotatable bonds is 9. The minimum atomic E-state index is -0.325. The third-order valence-electron chi connectivity index (χ3n) is 14.2. The van der Waals surface area contributed by atoms with Gasteiger partial charge in [0.2, 0.25) is 0 Å². The molecule has 0 bridgehead atoms. The standard InChI is InChI=1S/C56H47N5O/c1-5-31-55(4,60-46-22-13-9-17-38(46)39-18-10-14-23-47(39)60)36-26-29-49-43(34-36)41-20-11-15-24-48(41)61(49)56(6-2,7-3)37-27-28-45-42(35-37)40-19-8-12-21-44(40)59(45)50-30-33-58-53-52-51(62-54(50)53)25-16-32-57-52/h8-30,32-35H,5-7,31H2,1-4H3. The molecule has 0 N–H and O–H groups in total. The largest absolute Gasteiger partial charge is 0.450 e. The minimum absolute atomic E-state index is 0.278. The van der Waals surface area contributed by atoms with Crippen LogP contribution in [0.2, 0.25) is 0 Å². The lowest BCUT2D eigenvalue weighted by Crippen LogP contribution is -2.33. The SMILES string of the molecule is CCCC(C)(c1ccc2c(c1)c1ccccc1n2C(CC)(CC)c1ccc2c(c1)c1ccccc1n2-c1ccnc2c1oc1cccnc12)n1c2ccccc2c2ccccc21. The summed E-state index contributed by atoms with van der Waals surface area (Å²) < 4.78 is 14.1. The molecule has 6 heterocycles. The lowest BCUT2D eigenvalue weighted by atomic mass is 9.83. The van der Waals surface area contributed by atoms with Gasteiger partial charge in [0.05, 0.1) is 27.8 Å². The summed E-state index contributed by atoms with van der Waals surface area (Å²) in [7, 11) is 0.